The van der Waals surface area contributed by atoms with E-state index in [0.717, 1.165) is 19.0 Å². The summed E-state index contributed by atoms with van der Waals surface area (Å²) in [5.41, 5.74) is 0.331. The summed E-state index contributed by atoms with van der Waals surface area (Å²) in [7, 11) is 0. The van der Waals surface area contributed by atoms with Gasteiger partial charge in [-0.1, -0.05) is 13.8 Å². The molecule has 2 fully saturated rings. The minimum Gasteiger partial charge on any atom is -0.335 e. The van der Waals surface area contributed by atoms with Gasteiger partial charge in [0.05, 0.1) is 0 Å². The highest BCUT2D eigenvalue weighted by Gasteiger charge is 2.56. The Bertz CT molecular complexity index is 329. The lowest BCUT2D eigenvalue weighted by Crippen LogP contribution is -2.66. The van der Waals surface area contributed by atoms with Gasteiger partial charge in [0.2, 0.25) is 0 Å². The molecule has 16 heavy (non-hydrogen) atoms. The van der Waals surface area contributed by atoms with Gasteiger partial charge in [-0.05, 0) is 37.7 Å². The maximum Gasteiger partial charge on any atom is 0.282 e. The maximum atomic E-state index is 13.1. The van der Waals surface area contributed by atoms with E-state index in [4.69, 9.17) is 0 Å². The third-order valence-corrected chi connectivity index (χ3v) is 4.30. The van der Waals surface area contributed by atoms with Gasteiger partial charge in [-0.15, -0.1) is 0 Å². The van der Waals surface area contributed by atoms with Crippen LogP contribution >= 0.6 is 0 Å². The molecular weight excluding hydrogens is 205 g/mol. The minimum atomic E-state index is -0.615. The highest BCUT2D eigenvalue weighted by atomic mass is 19.1. The first-order valence-electron chi connectivity index (χ1n) is 6.11. The fourth-order valence-corrected chi connectivity index (χ4v) is 3.28. The second kappa shape index (κ2) is 3.86. The van der Waals surface area contributed by atoms with Gasteiger partial charge in [-0.3, -0.25) is 4.79 Å². The normalized spacial score (nSPS) is 27.9. The van der Waals surface area contributed by atoms with Crippen LogP contribution in [0.1, 0.15) is 33.6 Å². The van der Waals surface area contributed by atoms with Gasteiger partial charge >= 0.3 is 0 Å². The lowest BCUT2D eigenvalue weighted by atomic mass is 9.52. The van der Waals surface area contributed by atoms with Gasteiger partial charge in [-0.2, -0.15) is 0 Å². The third kappa shape index (κ3) is 1.57. The standard InChI is InChI=1S/C13H20FNO/c1-4-11(14)12(16)15-7-13(8-15)6-5-10(13)9(2)3/h4,9-10H,5-8H2,1-3H3/b11-4-. The van der Waals surface area contributed by atoms with E-state index < -0.39 is 11.7 Å². The molecule has 1 amide bonds. The fourth-order valence-electron chi connectivity index (χ4n) is 3.28. The van der Waals surface area contributed by atoms with Gasteiger partial charge in [-0.25, -0.2) is 4.39 Å². The lowest BCUT2D eigenvalue weighted by molar-refractivity contribution is -0.162. The van der Waals surface area contributed by atoms with E-state index in [0.29, 0.717) is 11.3 Å². The van der Waals surface area contributed by atoms with E-state index in [9.17, 15) is 9.18 Å². The zero-order chi connectivity index (χ0) is 11.9. The van der Waals surface area contributed by atoms with Crippen LogP contribution in [0.5, 0.6) is 0 Å². The van der Waals surface area contributed by atoms with Crippen molar-refractivity contribution in [3.05, 3.63) is 11.9 Å². The number of carbonyl (C=O) groups excluding carboxylic acids is 1. The van der Waals surface area contributed by atoms with Gasteiger partial charge in [0.15, 0.2) is 5.83 Å². The smallest absolute Gasteiger partial charge is 0.282 e. The molecular formula is C13H20FNO. The molecule has 1 heterocycles. The molecule has 3 heteroatoms. The fraction of sp³-hybridized carbons (Fsp3) is 0.769. The van der Waals surface area contributed by atoms with Crippen LogP contribution < -0.4 is 0 Å². The molecule has 0 radical (unpaired) electrons. The minimum absolute atomic E-state index is 0.331. The molecule has 0 N–H and O–H groups in total. The summed E-state index contributed by atoms with van der Waals surface area (Å²) < 4.78 is 13.1. The van der Waals surface area contributed by atoms with Crippen LogP contribution in [0, 0.1) is 17.3 Å². The van der Waals surface area contributed by atoms with Crippen LogP contribution in [0.15, 0.2) is 11.9 Å². The van der Waals surface area contributed by atoms with E-state index in [1.54, 1.807) is 11.8 Å². The van der Waals surface area contributed by atoms with Gasteiger partial charge in [0.1, 0.15) is 0 Å². The van der Waals surface area contributed by atoms with Crippen molar-refractivity contribution in [3.63, 3.8) is 0 Å². The summed E-state index contributed by atoms with van der Waals surface area (Å²) in [6, 6.07) is 0. The van der Waals surface area contributed by atoms with E-state index >= 15 is 0 Å². The van der Waals surface area contributed by atoms with Crippen molar-refractivity contribution >= 4 is 5.91 Å². The van der Waals surface area contributed by atoms with Crippen LogP contribution in [-0.2, 0) is 4.79 Å². The van der Waals surface area contributed by atoms with Crippen molar-refractivity contribution in [2.45, 2.75) is 33.6 Å². The predicted octanol–water partition coefficient (Wildman–Crippen LogP) is 2.75. The number of likely N-dealkylation sites (tertiary alicyclic amines) is 1. The summed E-state index contributed by atoms with van der Waals surface area (Å²) in [5, 5.41) is 0. The van der Waals surface area contributed by atoms with Crippen LogP contribution in [0.2, 0.25) is 0 Å². The summed E-state index contributed by atoms with van der Waals surface area (Å²) in [5.74, 6) is 0.362. The molecule has 1 aliphatic carbocycles. The zero-order valence-corrected chi connectivity index (χ0v) is 10.3. The van der Waals surface area contributed by atoms with Crippen LogP contribution in [0.4, 0.5) is 4.39 Å². The van der Waals surface area contributed by atoms with Crippen molar-refractivity contribution in [1.82, 2.24) is 4.90 Å². The molecule has 0 aromatic carbocycles. The Morgan fingerprint density at radius 2 is 2.12 bits per heavy atom. The SMILES string of the molecule is C/C=C(\F)C(=O)N1CC2(CCC2C(C)C)C1. The molecule has 90 valence electrons. The maximum absolute atomic E-state index is 13.1. The van der Waals surface area contributed by atoms with Gasteiger partial charge in [0, 0.05) is 18.5 Å². The zero-order valence-electron chi connectivity index (χ0n) is 10.3. The molecule has 1 saturated carbocycles. The molecule has 1 saturated heterocycles. The second-order valence-electron chi connectivity index (χ2n) is 5.55. The van der Waals surface area contributed by atoms with Gasteiger partial charge < -0.3 is 4.90 Å². The Hall–Kier alpha value is -0.860. The molecule has 1 atom stereocenters. The molecule has 1 spiro atoms. The van der Waals surface area contributed by atoms with E-state index in [1.807, 2.05) is 0 Å². The number of hydrogen-bond donors (Lipinski definition) is 0. The topological polar surface area (TPSA) is 20.3 Å². The highest BCUT2D eigenvalue weighted by molar-refractivity contribution is 5.91. The molecule has 1 unspecified atom stereocenters. The van der Waals surface area contributed by atoms with Crippen molar-refractivity contribution in [2.75, 3.05) is 13.1 Å². The number of hydrogen-bond acceptors (Lipinski definition) is 1. The summed E-state index contributed by atoms with van der Waals surface area (Å²) in [4.78, 5) is 13.2. The Morgan fingerprint density at radius 1 is 1.50 bits per heavy atom. The quantitative estimate of drug-likeness (QED) is 0.662. The molecule has 2 nitrogen and oxygen atoms in total. The molecule has 0 aromatic heterocycles. The average molecular weight is 225 g/mol. The van der Waals surface area contributed by atoms with Crippen LogP contribution in [0.3, 0.4) is 0 Å². The van der Waals surface area contributed by atoms with Crippen molar-refractivity contribution in [3.8, 4) is 0 Å². The number of amides is 1. The summed E-state index contributed by atoms with van der Waals surface area (Å²) >= 11 is 0. The number of halogens is 1. The van der Waals surface area contributed by atoms with Crippen molar-refractivity contribution < 1.29 is 9.18 Å². The van der Waals surface area contributed by atoms with E-state index in [-0.39, 0.29) is 0 Å². The Balaban J connectivity index is 1.93. The molecule has 0 bridgehead atoms. The van der Waals surface area contributed by atoms with E-state index in [1.165, 1.54) is 18.9 Å². The largest absolute Gasteiger partial charge is 0.335 e. The van der Waals surface area contributed by atoms with Crippen molar-refractivity contribution in [1.29, 1.82) is 0 Å². The molecule has 2 rings (SSSR count). The monoisotopic (exact) mass is 225 g/mol. The molecule has 0 aromatic rings. The predicted molar refractivity (Wildman–Crippen MR) is 61.4 cm³/mol. The first-order valence-corrected chi connectivity index (χ1v) is 6.11. The highest BCUT2D eigenvalue weighted by Crippen LogP contribution is 2.56. The molecule has 2 aliphatic rings. The van der Waals surface area contributed by atoms with E-state index in [2.05, 4.69) is 13.8 Å². The number of allylic oxidation sites excluding steroid dienone is 1. The molecule has 1 aliphatic heterocycles. The number of carbonyl (C=O) groups is 1. The first-order chi connectivity index (χ1) is 7.50. The average Bonchev–Trinajstić information content (AvgIpc) is 2.11. The van der Waals surface area contributed by atoms with Crippen LogP contribution in [-0.4, -0.2) is 23.9 Å². The lowest BCUT2D eigenvalue weighted by Gasteiger charge is -2.62. The Labute approximate surface area is 96.5 Å². The number of nitrogens with zero attached hydrogens (tertiary/aromatic N) is 1. The Morgan fingerprint density at radius 3 is 2.50 bits per heavy atom. The Kier molecular flexibility index (Phi) is 2.81. The number of rotatable bonds is 2. The van der Waals surface area contributed by atoms with Crippen molar-refractivity contribution in [2.24, 2.45) is 17.3 Å². The first kappa shape index (κ1) is 11.6. The summed E-state index contributed by atoms with van der Waals surface area (Å²) in [6.07, 6.45) is 3.72. The summed E-state index contributed by atoms with van der Waals surface area (Å²) in [6.45, 7) is 7.56. The second-order valence-corrected chi connectivity index (χ2v) is 5.55. The van der Waals surface area contributed by atoms with Crippen LogP contribution in [0.25, 0.3) is 0 Å². The van der Waals surface area contributed by atoms with Gasteiger partial charge in [0.25, 0.3) is 5.91 Å². The third-order valence-electron chi connectivity index (χ3n) is 4.30.